The molecule has 1 heterocycles. The Hall–Kier alpha value is -2.95. The van der Waals surface area contributed by atoms with E-state index in [1.807, 2.05) is 67.6 Å². The summed E-state index contributed by atoms with van der Waals surface area (Å²) in [6.07, 6.45) is 1.66. The fourth-order valence-corrected chi connectivity index (χ4v) is 2.38. The highest BCUT2D eigenvalue weighted by molar-refractivity contribution is 5.92. The van der Waals surface area contributed by atoms with Crippen LogP contribution in [-0.2, 0) is 0 Å². The molecule has 3 rings (SSSR count). The fraction of sp³-hybridized carbons (Fsp3) is 0.167. The molecule has 5 nitrogen and oxygen atoms in total. The average molecular weight is 306 g/mol. The van der Waals surface area contributed by atoms with E-state index in [0.717, 1.165) is 11.3 Å². The summed E-state index contributed by atoms with van der Waals surface area (Å²) in [5.74, 6) is -0.150. The number of para-hydroxylation sites is 1. The number of hydrogen-bond donors (Lipinski definition) is 0. The average Bonchev–Trinajstić information content (AvgIpc) is 3.11. The maximum absolute atomic E-state index is 12.6. The number of benzene rings is 2. The number of hydrogen-bond acceptors (Lipinski definition) is 3. The summed E-state index contributed by atoms with van der Waals surface area (Å²) in [5, 5.41) is 8.05. The lowest BCUT2D eigenvalue weighted by molar-refractivity contribution is 0.0736. The molecule has 1 unspecified atom stereocenters. The highest BCUT2D eigenvalue weighted by Gasteiger charge is 2.21. The molecule has 2 aromatic carbocycles. The van der Waals surface area contributed by atoms with Crippen LogP contribution in [-0.4, -0.2) is 32.8 Å². The first-order chi connectivity index (χ1) is 11.2. The van der Waals surface area contributed by atoms with Crippen molar-refractivity contribution < 1.29 is 4.79 Å². The zero-order chi connectivity index (χ0) is 16.2. The molecule has 0 aliphatic heterocycles. The SMILES string of the molecule is CC(c1ccccc1)N(C)C(=O)c1cn(-c2ccccc2)nn1. The molecule has 1 amide bonds. The molecule has 0 aliphatic carbocycles. The predicted octanol–water partition coefficient (Wildman–Crippen LogP) is 3.10. The molecule has 0 bridgehead atoms. The van der Waals surface area contributed by atoms with Gasteiger partial charge in [-0.05, 0) is 24.6 Å². The van der Waals surface area contributed by atoms with E-state index in [0.29, 0.717) is 5.69 Å². The van der Waals surface area contributed by atoms with Gasteiger partial charge in [-0.25, -0.2) is 4.68 Å². The van der Waals surface area contributed by atoms with Gasteiger partial charge in [0.15, 0.2) is 5.69 Å². The number of carbonyl (C=O) groups is 1. The van der Waals surface area contributed by atoms with Gasteiger partial charge in [0.2, 0.25) is 0 Å². The zero-order valence-corrected chi connectivity index (χ0v) is 13.1. The van der Waals surface area contributed by atoms with Gasteiger partial charge in [-0.1, -0.05) is 53.7 Å². The van der Waals surface area contributed by atoms with E-state index >= 15 is 0 Å². The monoisotopic (exact) mass is 306 g/mol. The third kappa shape index (κ3) is 3.13. The molecule has 1 aromatic heterocycles. The Morgan fingerprint density at radius 1 is 1.04 bits per heavy atom. The van der Waals surface area contributed by atoms with E-state index in [1.165, 1.54) is 0 Å². The second-order valence-electron chi connectivity index (χ2n) is 5.39. The van der Waals surface area contributed by atoms with Gasteiger partial charge in [-0.2, -0.15) is 0 Å². The molecule has 1 atom stereocenters. The van der Waals surface area contributed by atoms with Crippen molar-refractivity contribution in [3.05, 3.63) is 78.1 Å². The summed E-state index contributed by atoms with van der Waals surface area (Å²) in [6, 6.07) is 19.5. The van der Waals surface area contributed by atoms with E-state index in [-0.39, 0.29) is 11.9 Å². The molecule has 0 aliphatic rings. The Morgan fingerprint density at radius 3 is 2.30 bits per heavy atom. The van der Waals surface area contributed by atoms with Crippen LogP contribution >= 0.6 is 0 Å². The number of carbonyl (C=O) groups excluding carboxylic acids is 1. The van der Waals surface area contributed by atoms with Crippen molar-refractivity contribution in [1.82, 2.24) is 19.9 Å². The molecule has 0 saturated heterocycles. The van der Waals surface area contributed by atoms with Crippen molar-refractivity contribution >= 4 is 5.91 Å². The van der Waals surface area contributed by atoms with Gasteiger partial charge in [0.25, 0.3) is 5.91 Å². The lowest BCUT2D eigenvalue weighted by Gasteiger charge is -2.24. The van der Waals surface area contributed by atoms with Crippen LogP contribution < -0.4 is 0 Å². The van der Waals surface area contributed by atoms with E-state index in [4.69, 9.17) is 0 Å². The van der Waals surface area contributed by atoms with Crippen molar-refractivity contribution in [2.75, 3.05) is 7.05 Å². The van der Waals surface area contributed by atoms with Crippen LogP contribution in [0.2, 0.25) is 0 Å². The number of aromatic nitrogens is 3. The van der Waals surface area contributed by atoms with Crippen molar-refractivity contribution in [1.29, 1.82) is 0 Å². The Morgan fingerprint density at radius 2 is 1.65 bits per heavy atom. The largest absolute Gasteiger partial charge is 0.334 e. The van der Waals surface area contributed by atoms with Gasteiger partial charge in [0, 0.05) is 7.05 Å². The molecule has 0 N–H and O–H groups in total. The second-order valence-corrected chi connectivity index (χ2v) is 5.39. The van der Waals surface area contributed by atoms with E-state index in [1.54, 1.807) is 22.8 Å². The smallest absolute Gasteiger partial charge is 0.276 e. The summed E-state index contributed by atoms with van der Waals surface area (Å²) in [4.78, 5) is 14.3. The van der Waals surface area contributed by atoms with E-state index < -0.39 is 0 Å². The topological polar surface area (TPSA) is 51.0 Å². The third-order valence-electron chi connectivity index (χ3n) is 3.92. The normalized spacial score (nSPS) is 11.9. The fourth-order valence-electron chi connectivity index (χ4n) is 2.38. The van der Waals surface area contributed by atoms with Crippen LogP contribution in [0.4, 0.5) is 0 Å². The minimum atomic E-state index is -0.150. The first-order valence-corrected chi connectivity index (χ1v) is 7.46. The molecule has 5 heteroatoms. The van der Waals surface area contributed by atoms with Gasteiger partial charge >= 0.3 is 0 Å². The summed E-state index contributed by atoms with van der Waals surface area (Å²) in [5.41, 5.74) is 2.29. The van der Waals surface area contributed by atoms with E-state index in [2.05, 4.69) is 10.3 Å². The zero-order valence-electron chi connectivity index (χ0n) is 13.1. The number of nitrogens with zero attached hydrogens (tertiary/aromatic N) is 4. The summed E-state index contributed by atoms with van der Waals surface area (Å²) in [7, 11) is 1.78. The summed E-state index contributed by atoms with van der Waals surface area (Å²) >= 11 is 0. The standard InChI is InChI=1S/C18H18N4O/c1-14(15-9-5-3-6-10-15)21(2)18(23)17-13-22(20-19-17)16-11-7-4-8-12-16/h3-14H,1-2H3. The van der Waals surface area contributed by atoms with Gasteiger partial charge < -0.3 is 4.90 Å². The van der Waals surface area contributed by atoms with Crippen LogP contribution in [0.15, 0.2) is 66.9 Å². The molecule has 3 aromatic rings. The van der Waals surface area contributed by atoms with Crippen LogP contribution in [0, 0.1) is 0 Å². The second kappa shape index (κ2) is 6.44. The van der Waals surface area contributed by atoms with Crippen molar-refractivity contribution in [3.8, 4) is 5.69 Å². The van der Waals surface area contributed by atoms with Crippen LogP contribution in [0.1, 0.15) is 29.0 Å². The van der Waals surface area contributed by atoms with Crippen molar-refractivity contribution in [2.45, 2.75) is 13.0 Å². The molecule has 0 radical (unpaired) electrons. The Balaban J connectivity index is 1.79. The maximum atomic E-state index is 12.6. The van der Waals surface area contributed by atoms with Crippen LogP contribution in [0.5, 0.6) is 0 Å². The lowest BCUT2D eigenvalue weighted by atomic mass is 10.1. The molecular formula is C18H18N4O. The number of amides is 1. The number of rotatable bonds is 4. The van der Waals surface area contributed by atoms with Gasteiger partial charge in [0.1, 0.15) is 0 Å². The summed E-state index contributed by atoms with van der Waals surface area (Å²) < 4.78 is 1.61. The van der Waals surface area contributed by atoms with Crippen molar-refractivity contribution in [3.63, 3.8) is 0 Å². The third-order valence-corrected chi connectivity index (χ3v) is 3.92. The van der Waals surface area contributed by atoms with Gasteiger partial charge in [-0.15, -0.1) is 5.10 Å². The Kier molecular flexibility index (Phi) is 4.19. The van der Waals surface area contributed by atoms with Crippen LogP contribution in [0.3, 0.4) is 0 Å². The first-order valence-electron chi connectivity index (χ1n) is 7.46. The van der Waals surface area contributed by atoms with Crippen LogP contribution in [0.25, 0.3) is 5.69 Å². The van der Waals surface area contributed by atoms with E-state index in [9.17, 15) is 4.79 Å². The predicted molar refractivity (Wildman–Crippen MR) is 88.3 cm³/mol. The molecule has 23 heavy (non-hydrogen) atoms. The molecule has 0 fully saturated rings. The minimum absolute atomic E-state index is 0.0365. The highest BCUT2D eigenvalue weighted by atomic mass is 16.2. The van der Waals surface area contributed by atoms with Gasteiger partial charge in [0.05, 0.1) is 17.9 Å². The molecular weight excluding hydrogens is 288 g/mol. The quantitative estimate of drug-likeness (QED) is 0.744. The first kappa shape index (κ1) is 15.0. The minimum Gasteiger partial charge on any atom is -0.334 e. The highest BCUT2D eigenvalue weighted by Crippen LogP contribution is 2.20. The Bertz CT molecular complexity index is 783. The Labute approximate surface area is 135 Å². The lowest BCUT2D eigenvalue weighted by Crippen LogP contribution is -2.29. The van der Waals surface area contributed by atoms with Crippen molar-refractivity contribution in [2.24, 2.45) is 0 Å². The molecule has 0 spiro atoms. The molecule has 116 valence electrons. The maximum Gasteiger partial charge on any atom is 0.276 e. The summed E-state index contributed by atoms with van der Waals surface area (Å²) in [6.45, 7) is 1.99. The molecule has 0 saturated carbocycles. The van der Waals surface area contributed by atoms with Gasteiger partial charge in [-0.3, -0.25) is 4.79 Å².